The van der Waals surface area contributed by atoms with Gasteiger partial charge in [0.1, 0.15) is 11.6 Å². The van der Waals surface area contributed by atoms with Gasteiger partial charge in [0.15, 0.2) is 0 Å². The lowest BCUT2D eigenvalue weighted by Crippen LogP contribution is -2.27. The van der Waals surface area contributed by atoms with E-state index in [1.807, 2.05) is 68.6 Å². The molecule has 1 atom stereocenters. The van der Waals surface area contributed by atoms with Crippen molar-refractivity contribution in [3.05, 3.63) is 82.8 Å². The van der Waals surface area contributed by atoms with E-state index in [0.29, 0.717) is 17.3 Å². The van der Waals surface area contributed by atoms with Gasteiger partial charge in [0.2, 0.25) is 0 Å². The van der Waals surface area contributed by atoms with Crippen LogP contribution in [0.1, 0.15) is 24.4 Å². The molecule has 0 fully saturated rings. The zero-order valence-electron chi connectivity index (χ0n) is 16.0. The fraction of sp³-hybridized carbons (Fsp3) is 0.190. The molecule has 4 rings (SSSR count). The zero-order chi connectivity index (χ0) is 19.7. The third kappa shape index (κ3) is 3.00. The molecule has 7 heteroatoms. The van der Waals surface area contributed by atoms with E-state index in [1.165, 1.54) is 4.68 Å². The molecule has 28 heavy (non-hydrogen) atoms. The first-order valence-corrected chi connectivity index (χ1v) is 9.01. The summed E-state index contributed by atoms with van der Waals surface area (Å²) < 4.78 is 8.66. The standard InChI is InChI=1S/C21H21N5O2/c1-14(16-7-5-4-6-8-16)26-21(27)25(15(2)24-26)19-10-9-17(11-20(19)28-3)18-12-22-23-13-18/h4-14H,1-3H3,(H,22,23). The minimum absolute atomic E-state index is 0.176. The maximum absolute atomic E-state index is 13.2. The molecular formula is C21H21N5O2. The Balaban J connectivity index is 1.80. The van der Waals surface area contributed by atoms with Gasteiger partial charge < -0.3 is 4.74 Å². The number of H-pyrrole nitrogens is 1. The molecule has 7 nitrogen and oxygen atoms in total. The van der Waals surface area contributed by atoms with E-state index in [2.05, 4.69) is 15.3 Å². The molecule has 0 aliphatic carbocycles. The van der Waals surface area contributed by atoms with Crippen molar-refractivity contribution in [1.29, 1.82) is 0 Å². The molecule has 0 bridgehead atoms. The van der Waals surface area contributed by atoms with Gasteiger partial charge in [-0.1, -0.05) is 36.4 Å². The predicted octanol–water partition coefficient (Wildman–Crippen LogP) is 3.35. The highest BCUT2D eigenvalue weighted by molar-refractivity contribution is 5.67. The second kappa shape index (κ2) is 7.19. The lowest BCUT2D eigenvalue weighted by atomic mass is 10.1. The van der Waals surface area contributed by atoms with Crippen LogP contribution in [0.2, 0.25) is 0 Å². The number of hydrogen-bond acceptors (Lipinski definition) is 4. The van der Waals surface area contributed by atoms with Gasteiger partial charge in [0.05, 0.1) is 25.0 Å². The number of ether oxygens (including phenoxy) is 1. The van der Waals surface area contributed by atoms with Crippen molar-refractivity contribution in [2.75, 3.05) is 7.11 Å². The van der Waals surface area contributed by atoms with Crippen LogP contribution < -0.4 is 10.4 Å². The van der Waals surface area contributed by atoms with Crippen LogP contribution in [0.4, 0.5) is 0 Å². The average molecular weight is 375 g/mol. The van der Waals surface area contributed by atoms with E-state index >= 15 is 0 Å². The molecule has 0 aliphatic heterocycles. The van der Waals surface area contributed by atoms with Crippen molar-refractivity contribution < 1.29 is 4.74 Å². The minimum Gasteiger partial charge on any atom is -0.495 e. The van der Waals surface area contributed by atoms with E-state index < -0.39 is 0 Å². The van der Waals surface area contributed by atoms with Gasteiger partial charge in [-0.3, -0.25) is 5.10 Å². The summed E-state index contributed by atoms with van der Waals surface area (Å²) in [5.74, 6) is 1.19. The molecule has 0 saturated carbocycles. The monoisotopic (exact) mass is 375 g/mol. The van der Waals surface area contributed by atoms with Crippen molar-refractivity contribution in [2.45, 2.75) is 19.9 Å². The van der Waals surface area contributed by atoms with Crippen LogP contribution >= 0.6 is 0 Å². The van der Waals surface area contributed by atoms with E-state index in [4.69, 9.17) is 4.74 Å². The van der Waals surface area contributed by atoms with Crippen molar-refractivity contribution >= 4 is 0 Å². The number of rotatable bonds is 5. The number of aryl methyl sites for hydroxylation is 1. The Morgan fingerprint density at radius 3 is 2.57 bits per heavy atom. The number of nitrogens with zero attached hydrogens (tertiary/aromatic N) is 4. The van der Waals surface area contributed by atoms with Crippen LogP contribution in [-0.2, 0) is 0 Å². The molecule has 2 aromatic heterocycles. The van der Waals surface area contributed by atoms with Crippen LogP contribution in [-0.4, -0.2) is 31.7 Å². The molecule has 4 aromatic rings. The summed E-state index contributed by atoms with van der Waals surface area (Å²) in [4.78, 5) is 13.2. The van der Waals surface area contributed by atoms with Gasteiger partial charge in [0.25, 0.3) is 0 Å². The molecule has 1 N–H and O–H groups in total. The first-order valence-electron chi connectivity index (χ1n) is 9.01. The van der Waals surface area contributed by atoms with E-state index in [1.54, 1.807) is 17.9 Å². The summed E-state index contributed by atoms with van der Waals surface area (Å²) in [7, 11) is 1.59. The molecule has 142 valence electrons. The Morgan fingerprint density at radius 1 is 1.11 bits per heavy atom. The summed E-state index contributed by atoms with van der Waals surface area (Å²) in [6.45, 7) is 3.78. The highest BCUT2D eigenvalue weighted by Crippen LogP contribution is 2.29. The second-order valence-electron chi connectivity index (χ2n) is 6.57. The number of nitrogens with one attached hydrogen (secondary N) is 1. The Labute approximate surface area is 162 Å². The lowest BCUT2D eigenvalue weighted by molar-refractivity contribution is 0.412. The topological polar surface area (TPSA) is 77.7 Å². The first-order chi connectivity index (χ1) is 13.6. The molecule has 0 radical (unpaired) electrons. The summed E-state index contributed by atoms with van der Waals surface area (Å²) >= 11 is 0. The van der Waals surface area contributed by atoms with Crippen molar-refractivity contribution in [3.63, 3.8) is 0 Å². The molecular weight excluding hydrogens is 354 g/mol. The Kier molecular flexibility index (Phi) is 4.57. The van der Waals surface area contributed by atoms with Gasteiger partial charge >= 0.3 is 5.69 Å². The predicted molar refractivity (Wildman–Crippen MR) is 107 cm³/mol. The minimum atomic E-state index is -0.205. The van der Waals surface area contributed by atoms with Crippen LogP contribution in [0, 0.1) is 6.92 Å². The molecule has 1 unspecified atom stereocenters. The summed E-state index contributed by atoms with van der Waals surface area (Å²) in [6.07, 6.45) is 3.55. The quantitative estimate of drug-likeness (QED) is 0.580. The highest BCUT2D eigenvalue weighted by Gasteiger charge is 2.20. The third-order valence-corrected chi connectivity index (χ3v) is 4.86. The highest BCUT2D eigenvalue weighted by atomic mass is 16.5. The molecule has 0 saturated heterocycles. The number of aromatic nitrogens is 5. The van der Waals surface area contributed by atoms with Gasteiger partial charge in [-0.05, 0) is 37.1 Å². The van der Waals surface area contributed by atoms with Crippen LogP contribution in [0.25, 0.3) is 16.8 Å². The van der Waals surface area contributed by atoms with Gasteiger partial charge in [-0.15, -0.1) is 0 Å². The molecule has 2 heterocycles. The summed E-state index contributed by atoms with van der Waals surface area (Å²) in [5, 5.41) is 11.3. The largest absolute Gasteiger partial charge is 0.495 e. The van der Waals surface area contributed by atoms with Crippen molar-refractivity contribution in [2.24, 2.45) is 0 Å². The number of aromatic amines is 1. The number of hydrogen-bond donors (Lipinski definition) is 1. The molecule has 0 spiro atoms. The molecule has 2 aromatic carbocycles. The van der Waals surface area contributed by atoms with Crippen molar-refractivity contribution in [3.8, 4) is 22.6 Å². The Bertz CT molecular complexity index is 1140. The van der Waals surface area contributed by atoms with E-state index in [-0.39, 0.29) is 11.7 Å². The van der Waals surface area contributed by atoms with Crippen molar-refractivity contribution in [1.82, 2.24) is 24.5 Å². The van der Waals surface area contributed by atoms with E-state index in [9.17, 15) is 4.79 Å². The van der Waals surface area contributed by atoms with Crippen LogP contribution in [0.15, 0.2) is 65.7 Å². The Morgan fingerprint density at radius 2 is 1.89 bits per heavy atom. The maximum Gasteiger partial charge on any atom is 0.351 e. The van der Waals surface area contributed by atoms with E-state index in [0.717, 1.165) is 16.7 Å². The SMILES string of the molecule is COc1cc(-c2cn[nH]c2)ccc1-n1c(C)nn(C(C)c2ccccc2)c1=O. The fourth-order valence-corrected chi connectivity index (χ4v) is 3.34. The van der Waals surface area contributed by atoms with Gasteiger partial charge in [-0.2, -0.15) is 10.2 Å². The molecule has 0 aliphatic rings. The maximum atomic E-state index is 13.2. The van der Waals surface area contributed by atoms with Gasteiger partial charge in [-0.25, -0.2) is 14.0 Å². The smallest absolute Gasteiger partial charge is 0.351 e. The normalized spacial score (nSPS) is 12.1. The first kappa shape index (κ1) is 17.8. The Hall–Kier alpha value is -3.61. The lowest BCUT2D eigenvalue weighted by Gasteiger charge is -2.12. The molecule has 0 amide bonds. The number of benzene rings is 2. The third-order valence-electron chi connectivity index (χ3n) is 4.86. The fourth-order valence-electron chi connectivity index (χ4n) is 3.34. The summed E-state index contributed by atoms with van der Waals surface area (Å²) in [5.41, 5.74) is 3.37. The van der Waals surface area contributed by atoms with Crippen LogP contribution in [0.3, 0.4) is 0 Å². The number of methoxy groups -OCH3 is 1. The summed E-state index contributed by atoms with van der Waals surface area (Å²) in [6, 6.07) is 15.4. The van der Waals surface area contributed by atoms with Crippen LogP contribution in [0.5, 0.6) is 5.75 Å². The average Bonchev–Trinajstić information content (AvgIpc) is 3.36. The zero-order valence-corrected chi connectivity index (χ0v) is 16.0. The van der Waals surface area contributed by atoms with Gasteiger partial charge in [0, 0.05) is 11.8 Å². The second-order valence-corrected chi connectivity index (χ2v) is 6.57.